The first-order valence-corrected chi connectivity index (χ1v) is 7.00. The molecular weight excluding hydrogens is 353 g/mol. The van der Waals surface area contributed by atoms with Crippen molar-refractivity contribution >= 4 is 39.6 Å². The minimum atomic E-state index is -1.00. The first-order valence-electron chi connectivity index (χ1n) is 6.21. The van der Waals surface area contributed by atoms with Crippen molar-refractivity contribution in [2.75, 3.05) is 5.32 Å². The Kier molecular flexibility index (Phi) is 5.37. The Hall–Kier alpha value is -2.54. The summed E-state index contributed by atoms with van der Waals surface area (Å²) in [6.07, 6.45) is 1.39. The van der Waals surface area contributed by atoms with Gasteiger partial charge < -0.3 is 5.32 Å². The summed E-state index contributed by atoms with van der Waals surface area (Å²) in [7, 11) is 0. The van der Waals surface area contributed by atoms with E-state index in [0.29, 0.717) is 0 Å². The molecule has 0 fully saturated rings. The van der Waals surface area contributed by atoms with Crippen molar-refractivity contribution < 1.29 is 14.0 Å². The highest BCUT2D eigenvalue weighted by molar-refractivity contribution is 9.10. The molecule has 0 aliphatic heterocycles. The van der Waals surface area contributed by atoms with Crippen molar-refractivity contribution in [2.24, 2.45) is 5.10 Å². The Morgan fingerprint density at radius 2 is 1.73 bits per heavy atom. The molecule has 0 aliphatic rings. The van der Waals surface area contributed by atoms with Crippen LogP contribution in [0.3, 0.4) is 0 Å². The number of rotatable bonds is 3. The van der Waals surface area contributed by atoms with Gasteiger partial charge in [0.25, 0.3) is 0 Å². The number of hydrazone groups is 1. The fourth-order valence-corrected chi connectivity index (χ4v) is 1.77. The van der Waals surface area contributed by atoms with E-state index in [4.69, 9.17) is 0 Å². The van der Waals surface area contributed by atoms with Crippen LogP contribution in [0.5, 0.6) is 0 Å². The van der Waals surface area contributed by atoms with Crippen molar-refractivity contribution in [3.63, 3.8) is 0 Å². The Morgan fingerprint density at radius 1 is 1.05 bits per heavy atom. The van der Waals surface area contributed by atoms with Crippen LogP contribution in [0.25, 0.3) is 0 Å². The van der Waals surface area contributed by atoms with E-state index in [1.54, 1.807) is 18.2 Å². The summed E-state index contributed by atoms with van der Waals surface area (Å²) in [5.41, 5.74) is 2.75. The molecule has 22 heavy (non-hydrogen) atoms. The number of benzene rings is 2. The molecule has 5 nitrogen and oxygen atoms in total. The molecule has 0 saturated heterocycles. The van der Waals surface area contributed by atoms with Crippen LogP contribution in [0.15, 0.2) is 58.1 Å². The second kappa shape index (κ2) is 7.46. The third kappa shape index (κ3) is 4.49. The average Bonchev–Trinajstić information content (AvgIpc) is 2.51. The van der Waals surface area contributed by atoms with Crippen LogP contribution in [0.2, 0.25) is 0 Å². The SMILES string of the molecule is O=C(N/N=C\c1ccc(Br)cc1)C(=O)Nc1ccccc1F. The number of halogens is 2. The number of nitrogens with zero attached hydrogens (tertiary/aromatic N) is 1. The molecule has 0 spiro atoms. The maximum Gasteiger partial charge on any atom is 0.329 e. The molecule has 0 aromatic heterocycles. The molecule has 2 amide bonds. The van der Waals surface area contributed by atoms with Crippen molar-refractivity contribution in [2.45, 2.75) is 0 Å². The van der Waals surface area contributed by atoms with Crippen LogP contribution >= 0.6 is 15.9 Å². The molecule has 0 atom stereocenters. The fourth-order valence-electron chi connectivity index (χ4n) is 1.51. The Labute approximate surface area is 134 Å². The monoisotopic (exact) mass is 363 g/mol. The summed E-state index contributed by atoms with van der Waals surface area (Å²) in [5, 5.41) is 5.82. The van der Waals surface area contributed by atoms with E-state index in [1.165, 1.54) is 24.4 Å². The summed E-state index contributed by atoms with van der Waals surface area (Å²) in [5.74, 6) is -2.61. The first kappa shape index (κ1) is 15.8. The molecule has 2 aromatic carbocycles. The van der Waals surface area contributed by atoms with Crippen LogP contribution in [0.1, 0.15) is 5.56 Å². The minimum absolute atomic E-state index is 0.0699. The van der Waals surface area contributed by atoms with Gasteiger partial charge in [-0.15, -0.1) is 0 Å². The molecule has 0 saturated carbocycles. The van der Waals surface area contributed by atoms with Gasteiger partial charge in [-0.05, 0) is 29.8 Å². The second-order valence-electron chi connectivity index (χ2n) is 4.18. The Balaban J connectivity index is 1.90. The lowest BCUT2D eigenvalue weighted by Gasteiger charge is -2.04. The van der Waals surface area contributed by atoms with Crippen LogP contribution in [-0.2, 0) is 9.59 Å². The van der Waals surface area contributed by atoms with E-state index in [-0.39, 0.29) is 5.69 Å². The van der Waals surface area contributed by atoms with E-state index >= 15 is 0 Å². The van der Waals surface area contributed by atoms with Gasteiger partial charge >= 0.3 is 11.8 Å². The zero-order valence-corrected chi connectivity index (χ0v) is 12.8. The van der Waals surface area contributed by atoms with Gasteiger partial charge in [0.15, 0.2) is 0 Å². The quantitative estimate of drug-likeness (QED) is 0.500. The third-order valence-corrected chi connectivity index (χ3v) is 3.11. The van der Waals surface area contributed by atoms with Crippen molar-refractivity contribution in [1.82, 2.24) is 5.43 Å². The van der Waals surface area contributed by atoms with Crippen LogP contribution in [0.4, 0.5) is 10.1 Å². The number of carbonyl (C=O) groups is 2. The molecule has 2 N–H and O–H groups in total. The Bertz CT molecular complexity index is 717. The van der Waals surface area contributed by atoms with Gasteiger partial charge in [0.05, 0.1) is 11.9 Å². The zero-order valence-electron chi connectivity index (χ0n) is 11.2. The van der Waals surface area contributed by atoms with Crippen LogP contribution < -0.4 is 10.7 Å². The molecule has 0 radical (unpaired) electrons. The lowest BCUT2D eigenvalue weighted by Crippen LogP contribution is -2.32. The molecule has 2 rings (SSSR count). The van der Waals surface area contributed by atoms with E-state index in [1.807, 2.05) is 12.1 Å². The first-order chi connectivity index (χ1) is 10.6. The summed E-state index contributed by atoms with van der Waals surface area (Å²) >= 11 is 3.30. The van der Waals surface area contributed by atoms with E-state index in [0.717, 1.165) is 10.0 Å². The van der Waals surface area contributed by atoms with Gasteiger partial charge in [-0.25, -0.2) is 9.82 Å². The third-order valence-electron chi connectivity index (χ3n) is 2.58. The number of anilines is 1. The summed E-state index contributed by atoms with van der Waals surface area (Å²) < 4.78 is 14.3. The van der Waals surface area contributed by atoms with Crippen molar-refractivity contribution in [1.29, 1.82) is 0 Å². The molecule has 0 aliphatic carbocycles. The topological polar surface area (TPSA) is 70.6 Å². The average molecular weight is 364 g/mol. The largest absolute Gasteiger partial charge is 0.329 e. The highest BCUT2D eigenvalue weighted by Crippen LogP contribution is 2.12. The Morgan fingerprint density at radius 3 is 2.41 bits per heavy atom. The second-order valence-corrected chi connectivity index (χ2v) is 5.10. The lowest BCUT2D eigenvalue weighted by atomic mass is 10.2. The number of para-hydroxylation sites is 1. The standard InChI is InChI=1S/C15H11BrFN3O2/c16-11-7-5-10(6-8-11)9-18-20-15(22)14(21)19-13-4-2-1-3-12(13)17/h1-9H,(H,19,21)(H,20,22)/b18-9-. The molecule has 0 bridgehead atoms. The minimum Gasteiger partial charge on any atom is -0.315 e. The number of amides is 2. The van der Waals surface area contributed by atoms with Gasteiger partial charge in [-0.2, -0.15) is 5.10 Å². The molecule has 2 aromatic rings. The maximum atomic E-state index is 13.3. The smallest absolute Gasteiger partial charge is 0.315 e. The highest BCUT2D eigenvalue weighted by atomic mass is 79.9. The summed E-state index contributed by atoms with van der Waals surface area (Å²) in [6.45, 7) is 0. The van der Waals surface area contributed by atoms with E-state index in [9.17, 15) is 14.0 Å². The van der Waals surface area contributed by atoms with Gasteiger partial charge in [-0.3, -0.25) is 9.59 Å². The number of nitrogens with one attached hydrogen (secondary N) is 2. The lowest BCUT2D eigenvalue weighted by molar-refractivity contribution is -0.136. The number of hydrogen-bond donors (Lipinski definition) is 2. The fraction of sp³-hybridized carbons (Fsp3) is 0. The van der Waals surface area contributed by atoms with Gasteiger partial charge in [-0.1, -0.05) is 40.2 Å². The summed E-state index contributed by atoms with van der Waals surface area (Å²) in [4.78, 5) is 23.1. The van der Waals surface area contributed by atoms with Crippen molar-refractivity contribution in [3.05, 3.63) is 64.4 Å². The molecule has 0 unspecified atom stereocenters. The number of hydrogen-bond acceptors (Lipinski definition) is 3. The molecule has 0 heterocycles. The highest BCUT2D eigenvalue weighted by Gasteiger charge is 2.14. The summed E-state index contributed by atoms with van der Waals surface area (Å²) in [6, 6.07) is 12.7. The maximum absolute atomic E-state index is 13.3. The number of carbonyl (C=O) groups excluding carboxylic acids is 2. The van der Waals surface area contributed by atoms with Crippen molar-refractivity contribution in [3.8, 4) is 0 Å². The molecule has 112 valence electrons. The normalized spacial score (nSPS) is 10.5. The van der Waals surface area contributed by atoms with Crippen LogP contribution in [-0.4, -0.2) is 18.0 Å². The van der Waals surface area contributed by atoms with Gasteiger partial charge in [0.2, 0.25) is 0 Å². The zero-order chi connectivity index (χ0) is 15.9. The van der Waals surface area contributed by atoms with E-state index < -0.39 is 17.6 Å². The predicted octanol–water partition coefficient (Wildman–Crippen LogP) is 2.68. The van der Waals surface area contributed by atoms with E-state index in [2.05, 4.69) is 31.8 Å². The van der Waals surface area contributed by atoms with Gasteiger partial charge in [0, 0.05) is 4.47 Å². The molecule has 7 heteroatoms. The van der Waals surface area contributed by atoms with Crippen LogP contribution in [0, 0.1) is 5.82 Å². The molecular formula is C15H11BrFN3O2. The predicted molar refractivity (Wildman–Crippen MR) is 84.9 cm³/mol. The van der Waals surface area contributed by atoms with Gasteiger partial charge in [0.1, 0.15) is 5.82 Å².